The van der Waals surface area contributed by atoms with E-state index in [9.17, 15) is 0 Å². The van der Waals surface area contributed by atoms with Gasteiger partial charge in [-0.2, -0.15) is 5.10 Å². The van der Waals surface area contributed by atoms with Crippen molar-refractivity contribution >= 4 is 0 Å². The summed E-state index contributed by atoms with van der Waals surface area (Å²) in [7, 11) is 0. The number of hydrogen-bond acceptors (Lipinski definition) is 2. The molecular formula is C13H25N3. The maximum Gasteiger partial charge on any atom is 0.0625 e. The topological polar surface area (TPSA) is 29.9 Å². The van der Waals surface area contributed by atoms with Crippen molar-refractivity contribution < 1.29 is 0 Å². The Morgan fingerprint density at radius 2 is 1.81 bits per heavy atom. The van der Waals surface area contributed by atoms with Crippen LogP contribution in [0.1, 0.15) is 43.6 Å². The summed E-state index contributed by atoms with van der Waals surface area (Å²) in [6.45, 7) is 12.8. The summed E-state index contributed by atoms with van der Waals surface area (Å²) in [5, 5.41) is 8.10. The van der Waals surface area contributed by atoms with Crippen molar-refractivity contribution in [2.45, 2.75) is 60.0 Å². The Morgan fingerprint density at radius 3 is 2.25 bits per heavy atom. The zero-order chi connectivity index (χ0) is 12.1. The molecule has 0 aliphatic rings. The molecule has 0 aliphatic heterocycles. The molecule has 16 heavy (non-hydrogen) atoms. The van der Waals surface area contributed by atoms with Crippen molar-refractivity contribution in [2.24, 2.45) is 0 Å². The minimum absolute atomic E-state index is 0.651. The molecule has 92 valence electrons. The van der Waals surface area contributed by atoms with Gasteiger partial charge in [0.25, 0.3) is 0 Å². The van der Waals surface area contributed by atoms with Gasteiger partial charge in [0.05, 0.1) is 12.2 Å². The first-order valence-electron chi connectivity index (χ1n) is 6.34. The quantitative estimate of drug-likeness (QED) is 0.803. The highest BCUT2D eigenvalue weighted by molar-refractivity contribution is 5.22. The summed E-state index contributed by atoms with van der Waals surface area (Å²) in [4.78, 5) is 0. The second-order valence-corrected chi connectivity index (χ2v) is 4.49. The summed E-state index contributed by atoms with van der Waals surface area (Å²) in [6, 6.07) is 0.651. The predicted molar refractivity (Wildman–Crippen MR) is 68.8 cm³/mol. The average molecular weight is 223 g/mol. The van der Waals surface area contributed by atoms with Gasteiger partial charge in [0, 0.05) is 18.3 Å². The number of aryl methyl sites for hydroxylation is 1. The van der Waals surface area contributed by atoms with Crippen LogP contribution >= 0.6 is 0 Å². The van der Waals surface area contributed by atoms with Crippen molar-refractivity contribution in [2.75, 3.05) is 6.54 Å². The number of aromatic nitrogens is 2. The average Bonchev–Trinajstić information content (AvgIpc) is 2.52. The molecule has 0 fully saturated rings. The van der Waals surface area contributed by atoms with E-state index in [1.54, 1.807) is 0 Å². The van der Waals surface area contributed by atoms with Gasteiger partial charge in [0.1, 0.15) is 0 Å². The van der Waals surface area contributed by atoms with Gasteiger partial charge in [-0.05, 0) is 39.2 Å². The fourth-order valence-corrected chi connectivity index (χ4v) is 1.96. The van der Waals surface area contributed by atoms with E-state index in [2.05, 4.69) is 49.7 Å². The molecule has 0 saturated heterocycles. The van der Waals surface area contributed by atoms with Gasteiger partial charge < -0.3 is 5.32 Å². The number of nitrogens with one attached hydrogen (secondary N) is 1. The molecule has 0 aromatic carbocycles. The van der Waals surface area contributed by atoms with Crippen LogP contribution in [0.2, 0.25) is 0 Å². The van der Waals surface area contributed by atoms with E-state index in [0.717, 1.165) is 18.8 Å². The third-order valence-corrected chi connectivity index (χ3v) is 3.49. The normalized spacial score (nSPS) is 11.4. The SMILES string of the molecule is CCC(CC)NCCn1nc(C)c(C)c1C. The molecule has 0 amide bonds. The predicted octanol–water partition coefficient (Wildman–Crippen LogP) is 2.59. The van der Waals surface area contributed by atoms with Gasteiger partial charge >= 0.3 is 0 Å². The number of nitrogens with zero attached hydrogens (tertiary/aromatic N) is 2. The molecule has 0 radical (unpaired) electrons. The number of rotatable bonds is 6. The van der Waals surface area contributed by atoms with Crippen LogP contribution in [0, 0.1) is 20.8 Å². The van der Waals surface area contributed by atoms with Crippen LogP contribution in [0.4, 0.5) is 0 Å². The maximum absolute atomic E-state index is 4.53. The zero-order valence-electron chi connectivity index (χ0n) is 11.3. The fourth-order valence-electron chi connectivity index (χ4n) is 1.96. The first kappa shape index (κ1) is 13.2. The smallest absolute Gasteiger partial charge is 0.0625 e. The molecule has 0 unspecified atom stereocenters. The van der Waals surface area contributed by atoms with Gasteiger partial charge in [-0.25, -0.2) is 0 Å². The van der Waals surface area contributed by atoms with Gasteiger partial charge in [0.15, 0.2) is 0 Å². The Morgan fingerprint density at radius 1 is 1.19 bits per heavy atom. The zero-order valence-corrected chi connectivity index (χ0v) is 11.3. The lowest BCUT2D eigenvalue weighted by Crippen LogP contribution is -2.31. The third kappa shape index (κ3) is 3.08. The van der Waals surface area contributed by atoms with E-state index in [1.807, 2.05) is 0 Å². The van der Waals surface area contributed by atoms with Crippen molar-refractivity contribution in [3.8, 4) is 0 Å². The third-order valence-electron chi connectivity index (χ3n) is 3.49. The lowest BCUT2D eigenvalue weighted by molar-refractivity contribution is 0.451. The van der Waals surface area contributed by atoms with Gasteiger partial charge in [-0.15, -0.1) is 0 Å². The van der Waals surface area contributed by atoms with Crippen LogP contribution in [-0.4, -0.2) is 22.4 Å². The summed E-state index contributed by atoms with van der Waals surface area (Å²) < 4.78 is 2.11. The molecule has 0 bridgehead atoms. The Balaban J connectivity index is 2.46. The summed E-state index contributed by atoms with van der Waals surface area (Å²) >= 11 is 0. The lowest BCUT2D eigenvalue weighted by Gasteiger charge is -2.14. The minimum Gasteiger partial charge on any atom is -0.312 e. The van der Waals surface area contributed by atoms with Crippen LogP contribution < -0.4 is 5.32 Å². The molecule has 3 nitrogen and oxygen atoms in total. The Kier molecular flexibility index (Phi) is 5.00. The van der Waals surface area contributed by atoms with Gasteiger partial charge in [-0.3, -0.25) is 4.68 Å². The van der Waals surface area contributed by atoms with Crippen LogP contribution in [-0.2, 0) is 6.54 Å². The standard InChI is InChI=1S/C13H25N3/c1-6-13(7-2)14-8-9-16-12(5)10(3)11(4)15-16/h13-14H,6-9H2,1-5H3. The molecule has 0 spiro atoms. The van der Waals surface area contributed by atoms with Crippen molar-refractivity contribution in [3.63, 3.8) is 0 Å². The Hall–Kier alpha value is -0.830. The summed E-state index contributed by atoms with van der Waals surface area (Å²) in [5.41, 5.74) is 3.77. The molecule has 0 atom stereocenters. The lowest BCUT2D eigenvalue weighted by atomic mass is 10.2. The molecule has 1 N–H and O–H groups in total. The number of hydrogen-bond donors (Lipinski definition) is 1. The first-order chi connectivity index (χ1) is 7.60. The van der Waals surface area contributed by atoms with Crippen LogP contribution in [0.15, 0.2) is 0 Å². The van der Waals surface area contributed by atoms with Crippen molar-refractivity contribution in [1.29, 1.82) is 0 Å². The molecule has 0 aliphatic carbocycles. The Labute approximate surface area is 99.2 Å². The maximum atomic E-state index is 4.53. The fraction of sp³-hybridized carbons (Fsp3) is 0.769. The van der Waals surface area contributed by atoms with Gasteiger partial charge in [0.2, 0.25) is 0 Å². The van der Waals surface area contributed by atoms with Crippen molar-refractivity contribution in [1.82, 2.24) is 15.1 Å². The summed E-state index contributed by atoms with van der Waals surface area (Å²) in [6.07, 6.45) is 2.40. The van der Waals surface area contributed by atoms with E-state index >= 15 is 0 Å². The van der Waals surface area contributed by atoms with E-state index in [4.69, 9.17) is 0 Å². The van der Waals surface area contributed by atoms with Gasteiger partial charge in [-0.1, -0.05) is 13.8 Å². The highest BCUT2D eigenvalue weighted by Crippen LogP contribution is 2.10. The van der Waals surface area contributed by atoms with Crippen LogP contribution in [0.5, 0.6) is 0 Å². The second-order valence-electron chi connectivity index (χ2n) is 4.49. The van der Waals surface area contributed by atoms with E-state index in [-0.39, 0.29) is 0 Å². The highest BCUT2D eigenvalue weighted by Gasteiger charge is 2.07. The minimum atomic E-state index is 0.651. The monoisotopic (exact) mass is 223 g/mol. The molecule has 1 aromatic rings. The van der Waals surface area contributed by atoms with Crippen LogP contribution in [0.3, 0.4) is 0 Å². The molecule has 1 aromatic heterocycles. The highest BCUT2D eigenvalue weighted by atomic mass is 15.3. The molecule has 1 heterocycles. The first-order valence-corrected chi connectivity index (χ1v) is 6.34. The van der Waals surface area contributed by atoms with Crippen molar-refractivity contribution in [3.05, 3.63) is 17.0 Å². The molecule has 0 saturated carbocycles. The van der Waals surface area contributed by atoms with E-state index < -0.39 is 0 Å². The summed E-state index contributed by atoms with van der Waals surface area (Å²) in [5.74, 6) is 0. The van der Waals surface area contributed by atoms with Crippen LogP contribution in [0.25, 0.3) is 0 Å². The molecule has 3 heteroatoms. The molecular weight excluding hydrogens is 198 g/mol. The molecule has 1 rings (SSSR count). The Bertz CT molecular complexity index is 324. The second kappa shape index (κ2) is 6.04. The largest absolute Gasteiger partial charge is 0.312 e. The van der Waals surface area contributed by atoms with E-state index in [1.165, 1.54) is 24.1 Å². The van der Waals surface area contributed by atoms with E-state index in [0.29, 0.717) is 6.04 Å².